The minimum Gasteiger partial charge on any atom is -0.486 e. The van der Waals surface area contributed by atoms with Crippen LogP contribution in [-0.2, 0) is 20.7 Å². The van der Waals surface area contributed by atoms with Crippen LogP contribution < -0.4 is 19.5 Å². The van der Waals surface area contributed by atoms with Crippen LogP contribution in [0.5, 0.6) is 17.2 Å². The van der Waals surface area contributed by atoms with Gasteiger partial charge in [0.15, 0.2) is 17.6 Å². The first-order chi connectivity index (χ1) is 13.9. The second kappa shape index (κ2) is 9.22. The highest BCUT2D eigenvalue weighted by Crippen LogP contribution is 2.31. The molecular weight excluding hydrogens is 388 g/mol. The third-order valence-electron chi connectivity index (χ3n) is 3.99. The highest BCUT2D eigenvalue weighted by molar-refractivity contribution is 5.96. The van der Waals surface area contributed by atoms with E-state index in [0.29, 0.717) is 30.3 Å². The number of esters is 1. The number of carbonyl (C=O) groups is 2. The van der Waals surface area contributed by atoms with E-state index in [-0.39, 0.29) is 17.9 Å². The molecular formula is C20H19F2NO6. The molecule has 0 saturated heterocycles. The molecule has 0 unspecified atom stereocenters. The second-order valence-electron chi connectivity index (χ2n) is 6.15. The molecule has 2 aromatic carbocycles. The van der Waals surface area contributed by atoms with Crippen molar-refractivity contribution in [2.75, 3.05) is 18.5 Å². The number of anilines is 1. The minimum atomic E-state index is -3.03. The van der Waals surface area contributed by atoms with Crippen molar-refractivity contribution >= 4 is 17.6 Å². The van der Waals surface area contributed by atoms with E-state index >= 15 is 0 Å². The van der Waals surface area contributed by atoms with Crippen LogP contribution in [-0.4, -0.2) is 37.8 Å². The Balaban J connectivity index is 1.56. The van der Waals surface area contributed by atoms with Crippen LogP contribution in [0.4, 0.5) is 14.5 Å². The van der Waals surface area contributed by atoms with Gasteiger partial charge >= 0.3 is 12.6 Å². The Morgan fingerprint density at radius 3 is 2.59 bits per heavy atom. The van der Waals surface area contributed by atoms with E-state index in [1.165, 1.54) is 25.1 Å². The van der Waals surface area contributed by atoms with Crippen LogP contribution >= 0.6 is 0 Å². The van der Waals surface area contributed by atoms with E-state index in [0.717, 1.165) is 0 Å². The topological polar surface area (TPSA) is 83.1 Å². The van der Waals surface area contributed by atoms with E-state index < -0.39 is 24.6 Å². The summed E-state index contributed by atoms with van der Waals surface area (Å²) >= 11 is 0. The first kappa shape index (κ1) is 20.4. The number of hydrogen-bond acceptors (Lipinski definition) is 6. The third-order valence-corrected chi connectivity index (χ3v) is 3.99. The summed E-state index contributed by atoms with van der Waals surface area (Å²) in [7, 11) is 0. The van der Waals surface area contributed by atoms with Crippen LogP contribution in [0.2, 0.25) is 0 Å². The molecule has 1 amide bonds. The van der Waals surface area contributed by atoms with Crippen LogP contribution in [0.15, 0.2) is 42.5 Å². The average Bonchev–Trinajstić information content (AvgIpc) is 2.68. The number of nitrogens with one attached hydrogen (secondary N) is 1. The zero-order valence-corrected chi connectivity index (χ0v) is 15.5. The fourth-order valence-electron chi connectivity index (χ4n) is 2.66. The van der Waals surface area contributed by atoms with Crippen molar-refractivity contribution in [2.24, 2.45) is 0 Å². The smallest absolute Gasteiger partial charge is 0.387 e. The lowest BCUT2D eigenvalue weighted by molar-refractivity contribution is -0.152. The summed E-state index contributed by atoms with van der Waals surface area (Å²) < 4.78 is 45.3. The number of benzene rings is 2. The van der Waals surface area contributed by atoms with Crippen molar-refractivity contribution in [1.29, 1.82) is 0 Å². The zero-order valence-electron chi connectivity index (χ0n) is 15.5. The molecule has 0 aliphatic carbocycles. The van der Waals surface area contributed by atoms with Gasteiger partial charge in [-0.3, -0.25) is 9.59 Å². The monoisotopic (exact) mass is 407 g/mol. The maximum atomic E-state index is 12.5. The second-order valence-corrected chi connectivity index (χ2v) is 6.15. The van der Waals surface area contributed by atoms with Gasteiger partial charge < -0.3 is 24.3 Å². The summed E-state index contributed by atoms with van der Waals surface area (Å²) in [5.41, 5.74) is 0.690. The van der Waals surface area contributed by atoms with Gasteiger partial charge in [0.1, 0.15) is 19.0 Å². The molecule has 7 nitrogen and oxygen atoms in total. The summed E-state index contributed by atoms with van der Waals surface area (Å²) in [5.74, 6) is -0.341. The highest BCUT2D eigenvalue weighted by Gasteiger charge is 2.21. The molecule has 1 aliphatic rings. The molecule has 0 bridgehead atoms. The molecule has 1 N–H and O–H groups in total. The molecule has 154 valence electrons. The Hall–Kier alpha value is -3.36. The van der Waals surface area contributed by atoms with Gasteiger partial charge in [0.05, 0.1) is 12.1 Å². The summed E-state index contributed by atoms with van der Waals surface area (Å²) in [6.45, 7) is -0.760. The van der Waals surface area contributed by atoms with Crippen LogP contribution in [0.25, 0.3) is 0 Å². The van der Waals surface area contributed by atoms with Gasteiger partial charge in [-0.2, -0.15) is 8.78 Å². The molecule has 0 radical (unpaired) electrons. The molecule has 2 aromatic rings. The Morgan fingerprint density at radius 2 is 1.83 bits per heavy atom. The molecule has 0 spiro atoms. The molecule has 9 heteroatoms. The van der Waals surface area contributed by atoms with E-state index in [4.69, 9.17) is 14.2 Å². The van der Waals surface area contributed by atoms with Crippen LogP contribution in [0.1, 0.15) is 12.5 Å². The standard InChI is InChI=1S/C20H19F2NO6/c1-12(19(25)23-14-4-2-3-5-15(14)29-20(21)22)28-18(24)11-13-6-7-16-17(10-13)27-9-8-26-16/h2-7,10,12,20H,8-9,11H2,1H3,(H,23,25)/t12-/m1/s1. The maximum absolute atomic E-state index is 12.5. The van der Waals surface area contributed by atoms with Crippen molar-refractivity contribution in [3.8, 4) is 17.2 Å². The Labute approximate surface area is 165 Å². The van der Waals surface area contributed by atoms with Gasteiger partial charge in [-0.1, -0.05) is 18.2 Å². The highest BCUT2D eigenvalue weighted by atomic mass is 19.3. The number of rotatable bonds is 7. The summed E-state index contributed by atoms with van der Waals surface area (Å²) in [6.07, 6.45) is -1.21. The number of amides is 1. The van der Waals surface area contributed by atoms with Gasteiger partial charge in [-0.05, 0) is 36.8 Å². The molecule has 1 heterocycles. The number of halogens is 2. The predicted octanol–water partition coefficient (Wildman–Crippen LogP) is 3.17. The lowest BCUT2D eigenvalue weighted by Gasteiger charge is -2.19. The molecule has 3 rings (SSSR count). The molecule has 0 aromatic heterocycles. The first-order valence-corrected chi connectivity index (χ1v) is 8.85. The van der Waals surface area contributed by atoms with Crippen LogP contribution in [0.3, 0.4) is 0 Å². The average molecular weight is 407 g/mol. The van der Waals surface area contributed by atoms with Crippen molar-refractivity contribution < 1.29 is 37.3 Å². The Kier molecular flexibility index (Phi) is 6.48. The van der Waals surface area contributed by atoms with Crippen molar-refractivity contribution in [2.45, 2.75) is 26.1 Å². The quantitative estimate of drug-likeness (QED) is 0.710. The van der Waals surface area contributed by atoms with Gasteiger partial charge in [0.2, 0.25) is 0 Å². The van der Waals surface area contributed by atoms with Gasteiger partial charge in [0, 0.05) is 0 Å². The molecule has 0 saturated carbocycles. The Morgan fingerprint density at radius 1 is 1.10 bits per heavy atom. The fraction of sp³-hybridized carbons (Fsp3) is 0.300. The van der Waals surface area contributed by atoms with E-state index in [1.807, 2.05) is 0 Å². The van der Waals surface area contributed by atoms with Crippen molar-refractivity contribution in [3.63, 3.8) is 0 Å². The minimum absolute atomic E-state index is 0.0486. The largest absolute Gasteiger partial charge is 0.486 e. The van der Waals surface area contributed by atoms with Gasteiger partial charge in [0.25, 0.3) is 5.91 Å². The molecule has 29 heavy (non-hydrogen) atoms. The first-order valence-electron chi connectivity index (χ1n) is 8.85. The van der Waals surface area contributed by atoms with E-state index in [9.17, 15) is 18.4 Å². The SMILES string of the molecule is C[C@@H](OC(=O)Cc1ccc2c(c1)OCCO2)C(=O)Nc1ccccc1OC(F)F. The number of alkyl halides is 2. The van der Waals surface area contributed by atoms with Crippen LogP contribution in [0, 0.1) is 0 Å². The lowest BCUT2D eigenvalue weighted by Crippen LogP contribution is -2.30. The number of para-hydroxylation sites is 2. The number of fused-ring (bicyclic) bond motifs is 1. The Bertz CT molecular complexity index is 889. The normalized spacial score (nSPS) is 13.5. The van der Waals surface area contributed by atoms with Crippen molar-refractivity contribution in [3.05, 3.63) is 48.0 Å². The summed E-state index contributed by atoms with van der Waals surface area (Å²) in [4.78, 5) is 24.4. The number of ether oxygens (including phenoxy) is 4. The zero-order chi connectivity index (χ0) is 20.8. The van der Waals surface area contributed by atoms with E-state index in [1.54, 1.807) is 24.3 Å². The van der Waals surface area contributed by atoms with E-state index in [2.05, 4.69) is 10.1 Å². The summed E-state index contributed by atoms with van der Waals surface area (Å²) in [6, 6.07) is 10.8. The number of carbonyl (C=O) groups excluding carboxylic acids is 2. The lowest BCUT2D eigenvalue weighted by atomic mass is 10.1. The summed E-state index contributed by atoms with van der Waals surface area (Å²) in [5, 5.41) is 2.41. The van der Waals surface area contributed by atoms with Gasteiger partial charge in [-0.25, -0.2) is 0 Å². The number of hydrogen-bond donors (Lipinski definition) is 1. The predicted molar refractivity (Wildman–Crippen MR) is 98.4 cm³/mol. The molecule has 1 atom stereocenters. The molecule has 0 fully saturated rings. The molecule has 1 aliphatic heterocycles. The fourth-order valence-corrected chi connectivity index (χ4v) is 2.66. The van der Waals surface area contributed by atoms with Crippen molar-refractivity contribution in [1.82, 2.24) is 0 Å². The van der Waals surface area contributed by atoms with Gasteiger partial charge in [-0.15, -0.1) is 0 Å². The maximum Gasteiger partial charge on any atom is 0.387 e. The third kappa shape index (κ3) is 5.56.